The minimum Gasteiger partial charge on any atom is -0.494 e. The number of anilines is 1. The first kappa shape index (κ1) is 19.0. The molecule has 2 aromatic rings. The fraction of sp³-hybridized carbons (Fsp3) is 0.458. The molecule has 0 bridgehead atoms. The molecule has 2 fully saturated rings. The first-order chi connectivity index (χ1) is 13.7. The van der Waals surface area contributed by atoms with Gasteiger partial charge >= 0.3 is 0 Å². The Labute approximate surface area is 167 Å². The van der Waals surface area contributed by atoms with Gasteiger partial charge in [0.1, 0.15) is 5.75 Å². The second-order valence-corrected chi connectivity index (χ2v) is 8.10. The highest BCUT2D eigenvalue weighted by Gasteiger charge is 2.38. The van der Waals surface area contributed by atoms with Gasteiger partial charge in [0.25, 0.3) is 5.91 Å². The van der Waals surface area contributed by atoms with Crippen LogP contribution in [0.1, 0.15) is 60.9 Å². The van der Waals surface area contributed by atoms with Crippen molar-refractivity contribution in [1.82, 2.24) is 5.32 Å². The largest absolute Gasteiger partial charge is 0.494 e. The molecule has 2 aliphatic carbocycles. The number of hydrogen-bond acceptors (Lipinski definition) is 3. The van der Waals surface area contributed by atoms with E-state index in [1.165, 1.54) is 31.4 Å². The maximum absolute atomic E-state index is 12.5. The van der Waals surface area contributed by atoms with Crippen LogP contribution >= 0.6 is 0 Å². The van der Waals surface area contributed by atoms with Crippen LogP contribution in [0.15, 0.2) is 48.5 Å². The molecule has 1 amide bonds. The first-order valence-corrected chi connectivity index (χ1v) is 10.6. The van der Waals surface area contributed by atoms with Crippen molar-refractivity contribution in [3.05, 3.63) is 59.7 Å². The summed E-state index contributed by atoms with van der Waals surface area (Å²) in [5.74, 6) is 2.27. The standard InChI is InChI=1S/C24H30N2O2/c1-2-3-14-28-21-12-8-19(9-13-21)24(27)26-20-10-6-18(7-11-20)22-15-23(22)25-16-17-4-5-17/h6-13,17,22-23,25H,2-5,14-16H2,1H3,(H,26,27). The predicted octanol–water partition coefficient (Wildman–Crippen LogP) is 4.97. The van der Waals surface area contributed by atoms with E-state index >= 15 is 0 Å². The number of carbonyl (C=O) groups excluding carboxylic acids is 1. The summed E-state index contributed by atoms with van der Waals surface area (Å²) in [5.41, 5.74) is 2.83. The van der Waals surface area contributed by atoms with Crippen LogP contribution in [0.3, 0.4) is 0 Å². The highest BCUT2D eigenvalue weighted by Crippen LogP contribution is 2.41. The lowest BCUT2D eigenvalue weighted by Gasteiger charge is -2.09. The molecule has 0 radical (unpaired) electrons. The fourth-order valence-electron chi connectivity index (χ4n) is 3.48. The Morgan fingerprint density at radius 3 is 2.50 bits per heavy atom. The molecular weight excluding hydrogens is 348 g/mol. The summed E-state index contributed by atoms with van der Waals surface area (Å²) in [4.78, 5) is 12.5. The Bertz CT molecular complexity index is 781. The number of nitrogens with one attached hydrogen (secondary N) is 2. The van der Waals surface area contributed by atoms with Crippen LogP contribution < -0.4 is 15.4 Å². The number of unbranched alkanes of at least 4 members (excludes halogenated alkanes) is 1. The van der Waals surface area contributed by atoms with Gasteiger partial charge in [-0.1, -0.05) is 25.5 Å². The van der Waals surface area contributed by atoms with E-state index in [2.05, 4.69) is 29.7 Å². The zero-order chi connectivity index (χ0) is 19.3. The second-order valence-electron chi connectivity index (χ2n) is 8.10. The molecule has 2 unspecified atom stereocenters. The molecule has 2 aromatic carbocycles. The van der Waals surface area contributed by atoms with E-state index in [4.69, 9.17) is 4.74 Å². The van der Waals surface area contributed by atoms with Crippen molar-refractivity contribution in [2.24, 2.45) is 5.92 Å². The summed E-state index contributed by atoms with van der Waals surface area (Å²) in [6.45, 7) is 4.03. The second kappa shape index (κ2) is 8.78. The molecule has 4 rings (SSSR count). The van der Waals surface area contributed by atoms with Gasteiger partial charge in [-0.3, -0.25) is 4.79 Å². The van der Waals surface area contributed by atoms with E-state index in [0.29, 0.717) is 24.1 Å². The van der Waals surface area contributed by atoms with E-state index in [1.807, 2.05) is 36.4 Å². The maximum Gasteiger partial charge on any atom is 0.255 e. The summed E-state index contributed by atoms with van der Waals surface area (Å²) in [6, 6.07) is 16.3. The van der Waals surface area contributed by atoms with Crippen LogP contribution in [0.25, 0.3) is 0 Å². The number of rotatable bonds is 10. The Balaban J connectivity index is 1.26. The van der Waals surface area contributed by atoms with Crippen LogP contribution in [0.5, 0.6) is 5.75 Å². The number of benzene rings is 2. The predicted molar refractivity (Wildman–Crippen MR) is 113 cm³/mol. The topological polar surface area (TPSA) is 50.4 Å². The van der Waals surface area contributed by atoms with E-state index in [9.17, 15) is 4.79 Å². The summed E-state index contributed by atoms with van der Waals surface area (Å²) in [7, 11) is 0. The van der Waals surface area contributed by atoms with Crippen LogP contribution in [0.4, 0.5) is 5.69 Å². The lowest BCUT2D eigenvalue weighted by Crippen LogP contribution is -2.20. The van der Waals surface area contributed by atoms with E-state index in [0.717, 1.165) is 30.2 Å². The van der Waals surface area contributed by atoms with Crippen molar-refractivity contribution in [3.63, 3.8) is 0 Å². The summed E-state index contributed by atoms with van der Waals surface area (Å²) >= 11 is 0. The van der Waals surface area contributed by atoms with Crippen LogP contribution in [-0.4, -0.2) is 25.1 Å². The molecule has 0 heterocycles. The van der Waals surface area contributed by atoms with Crippen molar-refractivity contribution in [2.45, 2.75) is 51.0 Å². The zero-order valence-corrected chi connectivity index (χ0v) is 16.6. The average Bonchev–Trinajstić information content (AvgIpc) is 3.62. The van der Waals surface area contributed by atoms with Crippen LogP contribution in [0.2, 0.25) is 0 Å². The van der Waals surface area contributed by atoms with E-state index in [-0.39, 0.29) is 5.91 Å². The average molecular weight is 379 g/mol. The van der Waals surface area contributed by atoms with Gasteiger partial charge in [0.15, 0.2) is 0 Å². The van der Waals surface area contributed by atoms with Crippen molar-refractivity contribution < 1.29 is 9.53 Å². The molecule has 4 heteroatoms. The third-order valence-electron chi connectivity index (χ3n) is 5.64. The Morgan fingerprint density at radius 1 is 1.07 bits per heavy atom. The molecular formula is C24H30N2O2. The molecule has 0 aliphatic heterocycles. The summed E-state index contributed by atoms with van der Waals surface area (Å²) < 4.78 is 5.65. The number of amides is 1. The Kier molecular flexibility index (Phi) is 5.96. The summed E-state index contributed by atoms with van der Waals surface area (Å²) in [6.07, 6.45) is 6.17. The maximum atomic E-state index is 12.5. The number of hydrogen-bond donors (Lipinski definition) is 2. The monoisotopic (exact) mass is 378 g/mol. The Morgan fingerprint density at radius 2 is 1.82 bits per heavy atom. The van der Waals surface area contributed by atoms with Crippen molar-refractivity contribution >= 4 is 11.6 Å². The van der Waals surface area contributed by atoms with Gasteiger partial charge in [-0.25, -0.2) is 0 Å². The molecule has 148 valence electrons. The zero-order valence-electron chi connectivity index (χ0n) is 16.6. The molecule has 2 aliphatic rings. The van der Waals surface area contributed by atoms with Gasteiger partial charge in [0.2, 0.25) is 0 Å². The van der Waals surface area contributed by atoms with Gasteiger partial charge in [-0.2, -0.15) is 0 Å². The van der Waals surface area contributed by atoms with Gasteiger partial charge in [0, 0.05) is 23.2 Å². The molecule has 0 aromatic heterocycles. The normalized spacial score (nSPS) is 20.6. The van der Waals surface area contributed by atoms with Crippen molar-refractivity contribution in [2.75, 3.05) is 18.5 Å². The lowest BCUT2D eigenvalue weighted by atomic mass is 10.1. The molecule has 2 saturated carbocycles. The molecule has 2 atom stereocenters. The molecule has 0 spiro atoms. The first-order valence-electron chi connectivity index (χ1n) is 10.6. The van der Waals surface area contributed by atoms with Gasteiger partial charge < -0.3 is 15.4 Å². The smallest absolute Gasteiger partial charge is 0.255 e. The summed E-state index contributed by atoms with van der Waals surface area (Å²) in [5, 5.41) is 6.66. The van der Waals surface area contributed by atoms with Gasteiger partial charge in [-0.05, 0) is 80.1 Å². The SMILES string of the molecule is CCCCOc1ccc(C(=O)Nc2ccc(C3CC3NCC3CC3)cc2)cc1. The van der Waals surface area contributed by atoms with Crippen molar-refractivity contribution in [3.8, 4) is 5.75 Å². The van der Waals surface area contributed by atoms with Crippen LogP contribution in [0, 0.1) is 5.92 Å². The number of carbonyl (C=O) groups is 1. The Hall–Kier alpha value is -2.33. The molecule has 0 saturated heterocycles. The van der Waals surface area contributed by atoms with E-state index < -0.39 is 0 Å². The van der Waals surface area contributed by atoms with Crippen molar-refractivity contribution in [1.29, 1.82) is 0 Å². The van der Waals surface area contributed by atoms with Gasteiger partial charge in [-0.15, -0.1) is 0 Å². The third-order valence-corrected chi connectivity index (χ3v) is 5.64. The molecule has 4 nitrogen and oxygen atoms in total. The molecule has 28 heavy (non-hydrogen) atoms. The highest BCUT2D eigenvalue weighted by molar-refractivity contribution is 6.04. The number of ether oxygens (including phenoxy) is 1. The van der Waals surface area contributed by atoms with E-state index in [1.54, 1.807) is 0 Å². The lowest BCUT2D eigenvalue weighted by molar-refractivity contribution is 0.102. The minimum atomic E-state index is -0.0942. The fourth-order valence-corrected chi connectivity index (χ4v) is 3.48. The highest BCUT2D eigenvalue weighted by atomic mass is 16.5. The van der Waals surface area contributed by atoms with Crippen LogP contribution in [-0.2, 0) is 0 Å². The molecule has 2 N–H and O–H groups in total. The minimum absolute atomic E-state index is 0.0942. The quantitative estimate of drug-likeness (QED) is 0.574. The third kappa shape index (κ3) is 5.14. The van der Waals surface area contributed by atoms with Gasteiger partial charge in [0.05, 0.1) is 6.61 Å².